The minimum Gasteiger partial charge on any atom is -0.387 e. The van der Waals surface area contributed by atoms with E-state index in [9.17, 15) is 27.9 Å². The molecule has 1 saturated heterocycles. The number of β-amino-alcohol motifs (C(OH)–C–C–N with tert-alkyl or cyclic N) is 1. The first kappa shape index (κ1) is 22.6. The Labute approximate surface area is 187 Å². The van der Waals surface area contributed by atoms with Crippen LogP contribution in [0.25, 0.3) is 10.9 Å². The van der Waals surface area contributed by atoms with Crippen molar-refractivity contribution in [2.24, 2.45) is 0 Å². The Morgan fingerprint density at radius 1 is 1.16 bits per heavy atom. The molecule has 4 rings (SSSR count). The number of Topliss-reactive ketones (excluding diaryl/α,β-unsaturated/α-hetero) is 1. The largest absolute Gasteiger partial charge is 0.451 e. The van der Waals surface area contributed by atoms with E-state index < -0.39 is 30.1 Å². The highest BCUT2D eigenvalue weighted by Crippen LogP contribution is 2.37. The number of hydrogen-bond acceptors (Lipinski definition) is 8. The molecule has 3 aromatic rings. The Balaban J connectivity index is 1.48. The van der Waals surface area contributed by atoms with Crippen LogP contribution in [0.5, 0.6) is 0 Å². The summed E-state index contributed by atoms with van der Waals surface area (Å²) in [7, 11) is 0. The van der Waals surface area contributed by atoms with Crippen LogP contribution in [0.1, 0.15) is 20.4 Å². The van der Waals surface area contributed by atoms with Gasteiger partial charge in [-0.3, -0.25) is 9.59 Å². The second kappa shape index (κ2) is 8.43. The maximum Gasteiger partial charge on any atom is 0.451 e. The van der Waals surface area contributed by atoms with Gasteiger partial charge < -0.3 is 15.1 Å². The fourth-order valence-corrected chi connectivity index (χ4v) is 5.25. The number of carbonyl (C=O) groups excluding carboxylic acids is 2. The van der Waals surface area contributed by atoms with Crippen molar-refractivity contribution < 1.29 is 33.0 Å². The monoisotopic (exact) mass is 483 g/mol. The van der Waals surface area contributed by atoms with Crippen LogP contribution in [0.15, 0.2) is 41.4 Å². The topological polar surface area (TPSA) is 104 Å². The molecular formula is C20H16F3N3O4S2. The lowest BCUT2D eigenvalue weighted by Gasteiger charge is -2.45. The highest BCUT2D eigenvalue weighted by Gasteiger charge is 2.45. The number of aliphatic hydroxyl groups excluding tert-OH is 1. The predicted molar refractivity (Wildman–Crippen MR) is 111 cm³/mol. The zero-order valence-corrected chi connectivity index (χ0v) is 17.9. The fraction of sp³-hybridized carbons (Fsp3) is 0.300. The van der Waals surface area contributed by atoms with E-state index in [1.165, 1.54) is 17.0 Å². The van der Waals surface area contributed by atoms with Crippen molar-refractivity contribution in [2.45, 2.75) is 16.8 Å². The number of aliphatic hydroxyl groups is 2. The average molecular weight is 483 g/mol. The zero-order chi connectivity index (χ0) is 23.1. The molecule has 32 heavy (non-hydrogen) atoms. The molecule has 2 aromatic heterocycles. The quantitative estimate of drug-likeness (QED) is 0.316. The number of halogens is 3. The van der Waals surface area contributed by atoms with Crippen LogP contribution < -0.4 is 0 Å². The average Bonchev–Trinajstić information content (AvgIpc) is 3.24. The third kappa shape index (κ3) is 4.35. The number of alkyl halides is 3. The van der Waals surface area contributed by atoms with Crippen LogP contribution in [0.4, 0.5) is 13.2 Å². The van der Waals surface area contributed by atoms with E-state index in [-0.39, 0.29) is 35.2 Å². The van der Waals surface area contributed by atoms with Gasteiger partial charge in [-0.2, -0.15) is 13.2 Å². The highest BCUT2D eigenvalue weighted by atomic mass is 32.2. The second-order valence-electron chi connectivity index (χ2n) is 7.18. The van der Waals surface area contributed by atoms with Crippen LogP contribution in [-0.2, 0) is 16.6 Å². The van der Waals surface area contributed by atoms with Gasteiger partial charge in [0, 0.05) is 10.3 Å². The van der Waals surface area contributed by atoms with Crippen LogP contribution in [0.3, 0.4) is 0 Å². The van der Waals surface area contributed by atoms with Gasteiger partial charge in [-0.25, -0.2) is 9.97 Å². The summed E-state index contributed by atoms with van der Waals surface area (Å²) < 4.78 is 39.5. The lowest BCUT2D eigenvalue weighted by molar-refractivity contribution is -0.159. The van der Waals surface area contributed by atoms with Gasteiger partial charge in [0.2, 0.25) is 11.7 Å². The first-order valence-electron chi connectivity index (χ1n) is 9.32. The molecule has 1 aliphatic rings. The van der Waals surface area contributed by atoms with E-state index in [0.29, 0.717) is 15.1 Å². The van der Waals surface area contributed by atoms with Crippen LogP contribution in [0, 0.1) is 0 Å². The number of thiophene rings is 1. The molecule has 1 aromatic carbocycles. The molecule has 3 heterocycles. The van der Waals surface area contributed by atoms with Gasteiger partial charge in [-0.1, -0.05) is 30.0 Å². The molecule has 0 spiro atoms. The molecule has 7 nitrogen and oxygen atoms in total. The molecule has 1 fully saturated rings. The third-order valence-electron chi connectivity index (χ3n) is 4.89. The summed E-state index contributed by atoms with van der Waals surface area (Å²) in [4.78, 5) is 33.4. The Hall–Kier alpha value is -2.54. The molecule has 1 amide bonds. The lowest BCUT2D eigenvalue weighted by atomic mass is 9.92. The van der Waals surface area contributed by atoms with Gasteiger partial charge in [0.25, 0.3) is 0 Å². The summed E-state index contributed by atoms with van der Waals surface area (Å²) in [6, 6.07) is 9.40. The van der Waals surface area contributed by atoms with E-state index in [0.717, 1.165) is 23.1 Å². The maximum atomic E-state index is 13.2. The van der Waals surface area contributed by atoms with E-state index in [2.05, 4.69) is 9.97 Å². The summed E-state index contributed by atoms with van der Waals surface area (Å²) in [6.07, 6.45) is -4.71. The van der Waals surface area contributed by atoms with Crippen molar-refractivity contribution in [1.82, 2.24) is 14.9 Å². The number of aromatic nitrogens is 2. The van der Waals surface area contributed by atoms with Gasteiger partial charge in [-0.05, 0) is 18.2 Å². The number of ketones is 1. The summed E-state index contributed by atoms with van der Waals surface area (Å²) in [5.74, 6) is -2.23. The number of carbonyl (C=O) groups is 2. The molecule has 0 unspecified atom stereocenters. The number of rotatable bonds is 6. The van der Waals surface area contributed by atoms with Gasteiger partial charge >= 0.3 is 6.18 Å². The minimum atomic E-state index is -4.71. The summed E-state index contributed by atoms with van der Waals surface area (Å²) in [6.45, 7) is -0.611. The van der Waals surface area contributed by atoms with Gasteiger partial charge in [0.15, 0.2) is 5.78 Å². The van der Waals surface area contributed by atoms with Gasteiger partial charge in [-0.15, -0.1) is 11.3 Å². The van der Waals surface area contributed by atoms with E-state index in [1.54, 1.807) is 24.3 Å². The summed E-state index contributed by atoms with van der Waals surface area (Å²) >= 11 is 1.95. The van der Waals surface area contributed by atoms with Crippen LogP contribution in [0.2, 0.25) is 0 Å². The highest BCUT2D eigenvalue weighted by molar-refractivity contribution is 8.00. The van der Waals surface area contributed by atoms with E-state index in [1.807, 2.05) is 0 Å². The normalized spacial score (nSPS) is 15.6. The van der Waals surface area contributed by atoms with Crippen LogP contribution in [-0.4, -0.2) is 62.2 Å². The number of likely N-dealkylation sites (tertiary alicyclic amines) is 1. The lowest BCUT2D eigenvalue weighted by Crippen LogP contribution is -2.61. The smallest absolute Gasteiger partial charge is 0.387 e. The Morgan fingerprint density at radius 2 is 1.88 bits per heavy atom. The molecule has 2 N–H and O–H groups in total. The van der Waals surface area contributed by atoms with Crippen molar-refractivity contribution in [3.63, 3.8) is 0 Å². The van der Waals surface area contributed by atoms with Gasteiger partial charge in [0.05, 0.1) is 29.2 Å². The predicted octanol–water partition coefficient (Wildman–Crippen LogP) is 2.71. The van der Waals surface area contributed by atoms with Crippen molar-refractivity contribution in [3.05, 3.63) is 52.0 Å². The van der Waals surface area contributed by atoms with Crippen molar-refractivity contribution in [2.75, 3.05) is 25.4 Å². The maximum absolute atomic E-state index is 13.2. The number of amides is 1. The molecular weight excluding hydrogens is 467 g/mol. The number of nitrogens with zero attached hydrogens (tertiary/aromatic N) is 3. The SMILES string of the molecule is O=C(CSc1nc(C(F)(F)F)nc2ccccc12)c1ccc(C2(O)CN(C(=O)CO)C2)s1. The molecule has 0 aliphatic carbocycles. The summed E-state index contributed by atoms with van der Waals surface area (Å²) in [5, 5.41) is 20.0. The molecule has 0 radical (unpaired) electrons. The fourth-order valence-electron chi connectivity index (χ4n) is 3.24. The van der Waals surface area contributed by atoms with Crippen molar-refractivity contribution in [3.8, 4) is 0 Å². The third-order valence-corrected chi connectivity index (χ3v) is 7.20. The molecule has 168 valence electrons. The van der Waals surface area contributed by atoms with Crippen molar-refractivity contribution >= 4 is 45.7 Å². The second-order valence-corrected chi connectivity index (χ2v) is 9.23. The first-order valence-corrected chi connectivity index (χ1v) is 11.1. The Bertz CT molecular complexity index is 1190. The number of hydrogen-bond donors (Lipinski definition) is 2. The van der Waals surface area contributed by atoms with E-state index in [4.69, 9.17) is 5.11 Å². The zero-order valence-electron chi connectivity index (χ0n) is 16.3. The number of benzene rings is 1. The minimum absolute atomic E-state index is 0.0163. The Morgan fingerprint density at radius 3 is 2.56 bits per heavy atom. The number of thioether (sulfide) groups is 1. The molecule has 0 atom stereocenters. The van der Waals surface area contributed by atoms with E-state index >= 15 is 0 Å². The molecule has 0 saturated carbocycles. The van der Waals surface area contributed by atoms with Crippen molar-refractivity contribution in [1.29, 1.82) is 0 Å². The number of fused-ring (bicyclic) bond motifs is 1. The molecule has 1 aliphatic heterocycles. The number of para-hydroxylation sites is 1. The van der Waals surface area contributed by atoms with Gasteiger partial charge in [0.1, 0.15) is 17.2 Å². The molecule has 12 heteroatoms. The summed E-state index contributed by atoms with van der Waals surface area (Å²) in [5.41, 5.74) is -1.15. The molecule has 0 bridgehead atoms. The standard InChI is InChI=1S/C20H16F3N3O4S2/c21-20(22,23)18-24-12-4-2-1-3-11(12)17(25-18)31-8-13(28)14-5-6-15(32-14)19(30)9-26(10-19)16(29)7-27/h1-6,27,30H,7-10H2. The Kier molecular flexibility index (Phi) is 5.96. The first-order chi connectivity index (χ1) is 15.1. The van der Waals surface area contributed by atoms with Crippen LogP contribution >= 0.6 is 23.1 Å².